The molecule has 0 aliphatic carbocycles. The number of nitrogens with one attached hydrogen (secondary N) is 1. The normalized spacial score (nSPS) is 17.3. The average molecular weight is 264 g/mol. The fourth-order valence-corrected chi connectivity index (χ4v) is 1.82. The molecule has 0 aliphatic rings. The summed E-state index contributed by atoms with van der Waals surface area (Å²) in [5.41, 5.74) is 6.56. The van der Waals surface area contributed by atoms with E-state index in [1.807, 2.05) is 44.2 Å². The quantitative estimate of drug-likeness (QED) is 0.730. The third-order valence-electron chi connectivity index (χ3n) is 3.35. The van der Waals surface area contributed by atoms with Crippen molar-refractivity contribution in [2.75, 3.05) is 0 Å². The molecule has 0 heterocycles. The Hall–Kier alpha value is -1.39. The lowest BCUT2D eigenvalue weighted by Crippen LogP contribution is -2.42. The van der Waals surface area contributed by atoms with E-state index in [9.17, 15) is 9.90 Å². The molecule has 0 saturated heterocycles. The van der Waals surface area contributed by atoms with E-state index in [2.05, 4.69) is 5.32 Å². The van der Waals surface area contributed by atoms with Crippen LogP contribution in [0.4, 0.5) is 0 Å². The molecule has 4 atom stereocenters. The van der Waals surface area contributed by atoms with Gasteiger partial charge in [0.1, 0.15) is 0 Å². The third kappa shape index (κ3) is 5.01. The molecule has 4 heteroatoms. The van der Waals surface area contributed by atoms with Crippen LogP contribution in [0.2, 0.25) is 0 Å². The maximum absolute atomic E-state index is 11.8. The summed E-state index contributed by atoms with van der Waals surface area (Å²) in [7, 11) is 0. The van der Waals surface area contributed by atoms with E-state index in [0.717, 1.165) is 5.56 Å². The fourth-order valence-electron chi connectivity index (χ4n) is 1.82. The second kappa shape index (κ2) is 7.26. The number of carbonyl (C=O) groups is 1. The van der Waals surface area contributed by atoms with Crippen molar-refractivity contribution in [2.24, 2.45) is 11.7 Å². The number of benzene rings is 1. The minimum atomic E-state index is -0.567. The summed E-state index contributed by atoms with van der Waals surface area (Å²) in [6.45, 7) is 5.51. The average Bonchev–Trinajstić information content (AvgIpc) is 2.38. The SMILES string of the molecule is CC(CC(O)c1ccccc1)NC(=O)C(C)C(C)N. The van der Waals surface area contributed by atoms with Gasteiger partial charge in [-0.15, -0.1) is 0 Å². The van der Waals surface area contributed by atoms with Gasteiger partial charge in [0.25, 0.3) is 0 Å². The Morgan fingerprint density at radius 2 is 1.84 bits per heavy atom. The molecule has 0 fully saturated rings. The van der Waals surface area contributed by atoms with Crippen molar-refractivity contribution in [3.63, 3.8) is 0 Å². The molecular formula is C15H24N2O2. The van der Waals surface area contributed by atoms with E-state index >= 15 is 0 Å². The zero-order chi connectivity index (χ0) is 14.4. The van der Waals surface area contributed by atoms with Crippen molar-refractivity contribution in [3.05, 3.63) is 35.9 Å². The summed E-state index contributed by atoms with van der Waals surface area (Å²) >= 11 is 0. The highest BCUT2D eigenvalue weighted by Gasteiger charge is 2.20. The number of aliphatic hydroxyl groups excluding tert-OH is 1. The zero-order valence-corrected chi connectivity index (χ0v) is 11.8. The minimum Gasteiger partial charge on any atom is -0.388 e. The fraction of sp³-hybridized carbons (Fsp3) is 0.533. The van der Waals surface area contributed by atoms with Crippen molar-refractivity contribution in [2.45, 2.75) is 45.4 Å². The summed E-state index contributed by atoms with van der Waals surface area (Å²) in [5.74, 6) is -0.293. The largest absolute Gasteiger partial charge is 0.388 e. The van der Waals surface area contributed by atoms with Crippen LogP contribution < -0.4 is 11.1 Å². The van der Waals surface area contributed by atoms with Gasteiger partial charge in [0, 0.05) is 18.0 Å². The summed E-state index contributed by atoms with van der Waals surface area (Å²) in [4.78, 5) is 11.8. The first kappa shape index (κ1) is 15.7. The van der Waals surface area contributed by atoms with Gasteiger partial charge in [-0.2, -0.15) is 0 Å². The van der Waals surface area contributed by atoms with E-state index in [1.54, 1.807) is 6.92 Å². The second-order valence-electron chi connectivity index (χ2n) is 5.22. The lowest BCUT2D eigenvalue weighted by atomic mass is 10.0. The summed E-state index contributed by atoms with van der Waals surface area (Å²) in [6, 6.07) is 9.18. The van der Waals surface area contributed by atoms with Crippen molar-refractivity contribution < 1.29 is 9.90 Å². The topological polar surface area (TPSA) is 75.3 Å². The van der Waals surface area contributed by atoms with Crippen LogP contribution in [0, 0.1) is 5.92 Å². The highest BCUT2D eigenvalue weighted by molar-refractivity contribution is 5.79. The number of carbonyl (C=O) groups excluding carboxylic acids is 1. The molecule has 106 valence electrons. The van der Waals surface area contributed by atoms with Crippen molar-refractivity contribution >= 4 is 5.91 Å². The van der Waals surface area contributed by atoms with E-state index in [1.165, 1.54) is 0 Å². The van der Waals surface area contributed by atoms with Crippen LogP contribution in [0.5, 0.6) is 0 Å². The van der Waals surface area contributed by atoms with Crippen LogP contribution in [-0.4, -0.2) is 23.1 Å². The van der Waals surface area contributed by atoms with Gasteiger partial charge in [0.2, 0.25) is 5.91 Å². The van der Waals surface area contributed by atoms with Gasteiger partial charge in [-0.05, 0) is 25.8 Å². The van der Waals surface area contributed by atoms with Gasteiger partial charge >= 0.3 is 0 Å². The number of hydrogen-bond acceptors (Lipinski definition) is 3. The van der Waals surface area contributed by atoms with Crippen LogP contribution in [0.3, 0.4) is 0 Å². The van der Waals surface area contributed by atoms with Crippen LogP contribution in [0.15, 0.2) is 30.3 Å². The molecule has 0 radical (unpaired) electrons. The van der Waals surface area contributed by atoms with Crippen LogP contribution >= 0.6 is 0 Å². The zero-order valence-electron chi connectivity index (χ0n) is 11.8. The Morgan fingerprint density at radius 1 is 1.26 bits per heavy atom. The van der Waals surface area contributed by atoms with Gasteiger partial charge < -0.3 is 16.2 Å². The maximum Gasteiger partial charge on any atom is 0.224 e. The molecule has 0 aromatic heterocycles. The monoisotopic (exact) mass is 264 g/mol. The first-order chi connectivity index (χ1) is 8.91. The molecule has 0 aliphatic heterocycles. The number of aliphatic hydroxyl groups is 1. The molecule has 4 nitrogen and oxygen atoms in total. The Balaban J connectivity index is 2.47. The van der Waals surface area contributed by atoms with Gasteiger partial charge in [-0.25, -0.2) is 0 Å². The van der Waals surface area contributed by atoms with Crippen molar-refractivity contribution in [3.8, 4) is 0 Å². The van der Waals surface area contributed by atoms with Gasteiger partial charge in [0.15, 0.2) is 0 Å². The molecule has 0 bridgehead atoms. The molecule has 1 aromatic rings. The Kier molecular flexibility index (Phi) is 5.99. The molecule has 1 aromatic carbocycles. The Morgan fingerprint density at radius 3 is 2.37 bits per heavy atom. The summed E-state index contributed by atoms with van der Waals surface area (Å²) < 4.78 is 0. The number of hydrogen-bond donors (Lipinski definition) is 3. The van der Waals surface area contributed by atoms with Crippen LogP contribution in [0.25, 0.3) is 0 Å². The van der Waals surface area contributed by atoms with E-state index in [0.29, 0.717) is 6.42 Å². The first-order valence-corrected chi connectivity index (χ1v) is 6.70. The second-order valence-corrected chi connectivity index (χ2v) is 5.22. The number of amides is 1. The van der Waals surface area contributed by atoms with Gasteiger partial charge in [-0.3, -0.25) is 4.79 Å². The molecule has 0 spiro atoms. The number of rotatable bonds is 6. The standard InChI is InChI=1S/C15H24N2O2/c1-10(17-15(19)11(2)12(3)16)9-14(18)13-7-5-4-6-8-13/h4-8,10-12,14,18H,9,16H2,1-3H3,(H,17,19). The summed E-state index contributed by atoms with van der Waals surface area (Å²) in [6.07, 6.45) is -0.0800. The minimum absolute atomic E-state index is 0.0669. The van der Waals surface area contributed by atoms with E-state index in [-0.39, 0.29) is 23.9 Å². The number of nitrogens with two attached hydrogens (primary N) is 1. The summed E-state index contributed by atoms with van der Waals surface area (Å²) in [5, 5.41) is 13.0. The van der Waals surface area contributed by atoms with Gasteiger partial charge in [0.05, 0.1) is 6.10 Å². The predicted molar refractivity (Wildman–Crippen MR) is 76.4 cm³/mol. The van der Waals surface area contributed by atoms with E-state index < -0.39 is 6.10 Å². The van der Waals surface area contributed by atoms with Crippen molar-refractivity contribution in [1.82, 2.24) is 5.32 Å². The third-order valence-corrected chi connectivity index (χ3v) is 3.35. The smallest absolute Gasteiger partial charge is 0.224 e. The lowest BCUT2D eigenvalue weighted by Gasteiger charge is -2.21. The maximum atomic E-state index is 11.8. The van der Waals surface area contributed by atoms with Crippen LogP contribution in [0.1, 0.15) is 38.9 Å². The first-order valence-electron chi connectivity index (χ1n) is 6.70. The molecule has 1 rings (SSSR count). The Labute approximate surface area is 115 Å². The molecule has 1 amide bonds. The lowest BCUT2D eigenvalue weighted by molar-refractivity contribution is -0.125. The molecule has 19 heavy (non-hydrogen) atoms. The van der Waals surface area contributed by atoms with E-state index in [4.69, 9.17) is 5.73 Å². The molecular weight excluding hydrogens is 240 g/mol. The highest BCUT2D eigenvalue weighted by atomic mass is 16.3. The Bertz CT molecular complexity index is 392. The predicted octanol–water partition coefficient (Wildman–Crippen LogP) is 1.60. The highest BCUT2D eigenvalue weighted by Crippen LogP contribution is 2.17. The molecule has 0 saturated carbocycles. The van der Waals surface area contributed by atoms with Gasteiger partial charge in [-0.1, -0.05) is 37.3 Å². The van der Waals surface area contributed by atoms with Crippen molar-refractivity contribution in [1.29, 1.82) is 0 Å². The molecule has 4 N–H and O–H groups in total. The van der Waals surface area contributed by atoms with Crippen LogP contribution in [-0.2, 0) is 4.79 Å². The molecule has 4 unspecified atom stereocenters.